The van der Waals surface area contributed by atoms with Crippen LogP contribution in [0.5, 0.6) is 0 Å². The van der Waals surface area contributed by atoms with Crippen LogP contribution in [0.4, 0.5) is 0 Å². The molecule has 2 heterocycles. The van der Waals surface area contributed by atoms with E-state index in [4.69, 9.17) is 10.5 Å². The van der Waals surface area contributed by atoms with Gasteiger partial charge in [-0.15, -0.1) is 0 Å². The summed E-state index contributed by atoms with van der Waals surface area (Å²) in [5.74, 6) is -1.08. The normalized spacial score (nSPS) is 42.5. The number of ketones is 1. The third-order valence-electron chi connectivity index (χ3n) is 17.1. The molecule has 7 aliphatic rings. The fourth-order valence-corrected chi connectivity index (χ4v) is 14.1. The monoisotopic (exact) mass is 812 g/mol. The lowest BCUT2D eigenvalue weighted by atomic mass is 9.41. The lowest BCUT2D eigenvalue weighted by Crippen LogP contribution is -2.68. The Balaban J connectivity index is 1.31. The van der Waals surface area contributed by atoms with Gasteiger partial charge in [0.1, 0.15) is 6.10 Å². The molecule has 0 radical (unpaired) electrons. The largest absolute Gasteiger partial charge is 0.392 e. The van der Waals surface area contributed by atoms with Crippen molar-refractivity contribution in [2.24, 2.45) is 52.1 Å². The second-order valence-corrected chi connectivity index (χ2v) is 20.4. The molecule has 0 bridgehead atoms. The van der Waals surface area contributed by atoms with Gasteiger partial charge < -0.3 is 51.7 Å². The highest BCUT2D eigenvalue weighted by molar-refractivity contribution is 6.00. The molecule has 15 atom stereocenters. The Morgan fingerprint density at radius 3 is 2.50 bits per heavy atom. The minimum Gasteiger partial charge on any atom is -0.392 e. The van der Waals surface area contributed by atoms with E-state index in [1.165, 1.54) is 19.3 Å². The summed E-state index contributed by atoms with van der Waals surface area (Å²) in [6.45, 7) is 8.52. The van der Waals surface area contributed by atoms with Crippen molar-refractivity contribution in [2.45, 2.75) is 191 Å². The van der Waals surface area contributed by atoms with Gasteiger partial charge in [-0.2, -0.15) is 0 Å². The first-order chi connectivity index (χ1) is 27.6. The van der Waals surface area contributed by atoms with Gasteiger partial charge in [0.25, 0.3) is 0 Å². The van der Waals surface area contributed by atoms with Gasteiger partial charge >= 0.3 is 0 Å². The number of carbonyl (C=O) groups excluding carboxylic acids is 1. The summed E-state index contributed by atoms with van der Waals surface area (Å²) < 4.78 is 6.40. The summed E-state index contributed by atoms with van der Waals surface area (Å²) >= 11 is 0. The molecule has 0 spiro atoms. The highest BCUT2D eigenvalue weighted by Gasteiger charge is 2.74. The third-order valence-corrected chi connectivity index (χ3v) is 17.1. The molecule has 58 heavy (non-hydrogen) atoms. The SMILES string of the molecule is CCCCCCC1COC(C(O)C(C)(O)C2CCC3(O)C4=C(NCC(C)O)C(=O)C5CC(O)C(O)CC5(CCC5=CNC(N)C=C5)C4CCC23C2CCCCC2)C1C. The number of ether oxygens (including phenoxy) is 1. The Morgan fingerprint density at radius 2 is 1.81 bits per heavy atom. The molecule has 0 aromatic rings. The van der Waals surface area contributed by atoms with Crippen LogP contribution in [0.25, 0.3) is 0 Å². The number of rotatable bonds is 15. The molecule has 1 saturated heterocycles. The molecule has 11 heteroatoms. The summed E-state index contributed by atoms with van der Waals surface area (Å²) in [6.07, 6.45) is 15.4. The first kappa shape index (κ1) is 44.2. The maximum atomic E-state index is 15.3. The number of nitrogens with two attached hydrogens (primary N) is 1. The number of hydrogen-bond acceptors (Lipinski definition) is 11. The Labute approximate surface area is 347 Å². The molecule has 4 saturated carbocycles. The van der Waals surface area contributed by atoms with Crippen molar-refractivity contribution in [3.05, 3.63) is 35.2 Å². The second kappa shape index (κ2) is 17.5. The summed E-state index contributed by atoms with van der Waals surface area (Å²) in [5.41, 5.74) is 3.47. The number of Topliss-reactive ketones (excluding diaryl/α,β-unsaturated/α-hetero) is 1. The second-order valence-electron chi connectivity index (χ2n) is 20.4. The van der Waals surface area contributed by atoms with E-state index < -0.39 is 64.4 Å². The highest BCUT2D eigenvalue weighted by Crippen LogP contribution is 2.73. The average molecular weight is 812 g/mol. The molecule has 0 aromatic heterocycles. The van der Waals surface area contributed by atoms with Gasteiger partial charge in [-0.05, 0) is 137 Å². The van der Waals surface area contributed by atoms with Crippen LogP contribution < -0.4 is 16.4 Å². The van der Waals surface area contributed by atoms with E-state index in [1.807, 2.05) is 18.4 Å². The number of hydrogen-bond donors (Lipinski definition) is 9. The van der Waals surface area contributed by atoms with Gasteiger partial charge in [-0.3, -0.25) is 4.79 Å². The Kier molecular flexibility index (Phi) is 13.3. The molecule has 11 nitrogen and oxygen atoms in total. The van der Waals surface area contributed by atoms with E-state index in [2.05, 4.69) is 24.5 Å². The van der Waals surface area contributed by atoms with Gasteiger partial charge in [-0.25, -0.2) is 0 Å². The molecule has 7 rings (SSSR count). The molecule has 328 valence electrons. The zero-order valence-electron chi connectivity index (χ0n) is 35.9. The standard InChI is InChI=1S/C47H77N3O8/c1-5-6-7-9-12-31-27-58-42(29(31)3)43(55)44(4,56)37-19-22-47(57)39-33(18-21-46(37,47)32-13-10-8-11-14-32)45(20-17-30-15-16-38(48)49-26-30)24-36(53)35(52)23-34(45)41(54)40(39)50-25-28(2)51/h15-16,26,28-29,31-38,42-43,49-53,55-57H,5-14,17-25,27,48H2,1-4H3. The molecule has 15 unspecified atom stereocenters. The quantitative estimate of drug-likeness (QED) is 0.102. The summed E-state index contributed by atoms with van der Waals surface area (Å²) in [4.78, 5) is 15.3. The Hall–Kier alpha value is -1.83. The van der Waals surface area contributed by atoms with Crippen molar-refractivity contribution in [1.82, 2.24) is 10.6 Å². The number of carbonyl (C=O) groups is 1. The minimum absolute atomic E-state index is 0.0625. The summed E-state index contributed by atoms with van der Waals surface area (Å²) in [7, 11) is 0. The summed E-state index contributed by atoms with van der Waals surface area (Å²) in [5, 5.41) is 79.2. The van der Waals surface area contributed by atoms with Crippen LogP contribution >= 0.6 is 0 Å². The summed E-state index contributed by atoms with van der Waals surface area (Å²) in [6, 6.07) is 0. The van der Waals surface area contributed by atoms with Crippen LogP contribution in [0.3, 0.4) is 0 Å². The van der Waals surface area contributed by atoms with Crippen LogP contribution in [-0.2, 0) is 9.53 Å². The highest BCUT2D eigenvalue weighted by atomic mass is 16.5. The van der Waals surface area contributed by atoms with E-state index in [1.54, 1.807) is 13.8 Å². The van der Waals surface area contributed by atoms with Gasteiger partial charge in [0.2, 0.25) is 0 Å². The Bertz CT molecular complexity index is 1560. The predicted octanol–water partition coefficient (Wildman–Crippen LogP) is 4.87. The van der Waals surface area contributed by atoms with Crippen molar-refractivity contribution in [2.75, 3.05) is 13.2 Å². The lowest BCUT2D eigenvalue weighted by molar-refractivity contribution is -0.218. The van der Waals surface area contributed by atoms with Crippen LogP contribution in [0.1, 0.15) is 143 Å². The van der Waals surface area contributed by atoms with Crippen LogP contribution in [0.2, 0.25) is 0 Å². The lowest BCUT2D eigenvalue weighted by Gasteiger charge is -2.65. The van der Waals surface area contributed by atoms with Gasteiger partial charge in [0.15, 0.2) is 5.78 Å². The Morgan fingerprint density at radius 1 is 1.05 bits per heavy atom. The van der Waals surface area contributed by atoms with E-state index in [9.17, 15) is 30.6 Å². The van der Waals surface area contributed by atoms with Crippen molar-refractivity contribution in [3.63, 3.8) is 0 Å². The zero-order valence-corrected chi connectivity index (χ0v) is 35.9. The number of aliphatic hydroxyl groups excluding tert-OH is 4. The molecular weight excluding hydrogens is 735 g/mol. The number of nitrogens with one attached hydrogen (secondary N) is 2. The zero-order chi connectivity index (χ0) is 41.6. The fraction of sp³-hybridized carbons (Fsp3) is 0.851. The average Bonchev–Trinajstić information content (AvgIpc) is 3.74. The van der Waals surface area contributed by atoms with Crippen molar-refractivity contribution in [1.29, 1.82) is 0 Å². The smallest absolute Gasteiger partial charge is 0.182 e. The molecule has 5 fully saturated rings. The van der Waals surface area contributed by atoms with Crippen molar-refractivity contribution < 1.29 is 40.2 Å². The van der Waals surface area contributed by atoms with Crippen LogP contribution in [-0.4, -0.2) is 97.5 Å². The van der Waals surface area contributed by atoms with Crippen molar-refractivity contribution >= 4 is 5.78 Å². The molecule has 5 aliphatic carbocycles. The van der Waals surface area contributed by atoms with Crippen molar-refractivity contribution in [3.8, 4) is 0 Å². The maximum Gasteiger partial charge on any atom is 0.182 e. The van der Waals surface area contributed by atoms with Crippen LogP contribution in [0, 0.1) is 46.3 Å². The van der Waals surface area contributed by atoms with E-state index in [0.29, 0.717) is 62.3 Å². The number of aliphatic hydroxyl groups is 6. The van der Waals surface area contributed by atoms with Gasteiger partial charge in [0.05, 0.1) is 54.1 Å². The molecule has 0 aromatic carbocycles. The number of fused-ring (bicyclic) bond motifs is 5. The molecule has 2 aliphatic heterocycles. The van der Waals surface area contributed by atoms with Gasteiger partial charge in [-0.1, -0.05) is 64.9 Å². The first-order valence-corrected chi connectivity index (χ1v) is 23.3. The predicted molar refractivity (Wildman–Crippen MR) is 224 cm³/mol. The third kappa shape index (κ3) is 7.58. The van der Waals surface area contributed by atoms with Crippen LogP contribution in [0.15, 0.2) is 35.2 Å². The van der Waals surface area contributed by atoms with Gasteiger partial charge in [0, 0.05) is 24.1 Å². The first-order valence-electron chi connectivity index (χ1n) is 23.3. The number of allylic oxidation sites excluding steroid dienone is 3. The molecule has 0 amide bonds. The fourth-order valence-electron chi connectivity index (χ4n) is 14.1. The minimum atomic E-state index is -1.59. The number of dihydropyridines is 1. The van der Waals surface area contributed by atoms with E-state index >= 15 is 4.79 Å². The molecular formula is C47H77N3O8. The number of unbranched alkanes of at least 4 members (excludes halogenated alkanes) is 3. The topological polar surface area (TPSA) is 198 Å². The van der Waals surface area contributed by atoms with E-state index in [0.717, 1.165) is 50.5 Å². The molecule has 10 N–H and O–H groups in total. The van der Waals surface area contributed by atoms with E-state index in [-0.39, 0.29) is 49.1 Å². The maximum absolute atomic E-state index is 15.3.